The predicted octanol–water partition coefficient (Wildman–Crippen LogP) is 3.64. The maximum Gasteiger partial charge on any atom is 0.340 e. The van der Waals surface area contributed by atoms with Crippen molar-refractivity contribution >= 4 is 11.7 Å². The van der Waals surface area contributed by atoms with Crippen molar-refractivity contribution in [2.75, 3.05) is 12.3 Å². The Bertz CT molecular complexity index is 377. The van der Waals surface area contributed by atoms with E-state index >= 15 is 0 Å². The number of nitrogens with two attached hydrogens (primary N) is 1. The fourth-order valence-corrected chi connectivity index (χ4v) is 1.85. The summed E-state index contributed by atoms with van der Waals surface area (Å²) in [4.78, 5) is 11.9. The number of rotatable bonds is 7. The average molecular weight is 249 g/mol. The highest BCUT2D eigenvalue weighted by atomic mass is 16.5. The lowest BCUT2D eigenvalue weighted by Crippen LogP contribution is -2.15. The minimum absolute atomic E-state index is 0.317. The van der Waals surface area contributed by atoms with Crippen molar-refractivity contribution in [3.8, 4) is 0 Å². The summed E-state index contributed by atoms with van der Waals surface area (Å²) in [5.74, 6) is 0.141. The predicted molar refractivity (Wildman–Crippen MR) is 74.4 cm³/mol. The first-order valence-electron chi connectivity index (χ1n) is 6.70. The third kappa shape index (κ3) is 4.40. The summed E-state index contributed by atoms with van der Waals surface area (Å²) in [7, 11) is 0. The van der Waals surface area contributed by atoms with Gasteiger partial charge in [0.05, 0.1) is 12.2 Å². The quantitative estimate of drug-likeness (QED) is 0.593. The van der Waals surface area contributed by atoms with Gasteiger partial charge in [-0.1, -0.05) is 45.2 Å². The van der Waals surface area contributed by atoms with Gasteiger partial charge >= 0.3 is 5.97 Å². The van der Waals surface area contributed by atoms with Gasteiger partial charge in [0.2, 0.25) is 0 Å². The van der Waals surface area contributed by atoms with Crippen molar-refractivity contribution in [2.24, 2.45) is 5.92 Å². The molecule has 2 N–H and O–H groups in total. The van der Waals surface area contributed by atoms with Crippen molar-refractivity contribution in [2.45, 2.75) is 39.5 Å². The van der Waals surface area contributed by atoms with Gasteiger partial charge in [0, 0.05) is 5.69 Å². The van der Waals surface area contributed by atoms with Crippen LogP contribution in [0.3, 0.4) is 0 Å². The number of ether oxygens (including phenoxy) is 1. The molecule has 0 spiro atoms. The highest BCUT2D eigenvalue weighted by molar-refractivity contribution is 5.94. The fourth-order valence-electron chi connectivity index (χ4n) is 1.85. The molecule has 0 saturated carbocycles. The number of unbranched alkanes of at least 4 members (excludes halogenated alkanes) is 1. The zero-order chi connectivity index (χ0) is 13.4. The van der Waals surface area contributed by atoms with Gasteiger partial charge in [0.25, 0.3) is 0 Å². The van der Waals surface area contributed by atoms with Gasteiger partial charge in [-0.05, 0) is 24.5 Å². The molecular formula is C15H23NO2. The van der Waals surface area contributed by atoms with E-state index in [4.69, 9.17) is 10.5 Å². The summed E-state index contributed by atoms with van der Waals surface area (Å²) >= 11 is 0. The minimum atomic E-state index is -0.317. The van der Waals surface area contributed by atoms with Gasteiger partial charge in [-0.3, -0.25) is 0 Å². The van der Waals surface area contributed by atoms with E-state index in [2.05, 4.69) is 13.8 Å². The number of hydrogen-bond donors (Lipinski definition) is 1. The highest BCUT2D eigenvalue weighted by Gasteiger charge is 2.13. The van der Waals surface area contributed by atoms with E-state index in [0.717, 1.165) is 12.8 Å². The average Bonchev–Trinajstić information content (AvgIpc) is 2.39. The molecule has 18 heavy (non-hydrogen) atoms. The zero-order valence-electron chi connectivity index (χ0n) is 11.3. The first-order chi connectivity index (χ1) is 8.69. The molecule has 0 radical (unpaired) electrons. The van der Waals surface area contributed by atoms with E-state index < -0.39 is 0 Å². The van der Waals surface area contributed by atoms with E-state index in [0.29, 0.717) is 23.8 Å². The number of carbonyl (C=O) groups is 1. The van der Waals surface area contributed by atoms with Crippen LogP contribution in [0.2, 0.25) is 0 Å². The number of carbonyl (C=O) groups excluding carboxylic acids is 1. The topological polar surface area (TPSA) is 52.3 Å². The number of esters is 1. The third-order valence-corrected chi connectivity index (χ3v) is 3.17. The second kappa shape index (κ2) is 7.75. The fraction of sp³-hybridized carbons (Fsp3) is 0.533. The highest BCUT2D eigenvalue weighted by Crippen LogP contribution is 2.16. The lowest BCUT2D eigenvalue weighted by Gasteiger charge is -2.15. The van der Waals surface area contributed by atoms with E-state index in [1.165, 1.54) is 12.8 Å². The Hall–Kier alpha value is -1.51. The number of benzene rings is 1. The zero-order valence-corrected chi connectivity index (χ0v) is 11.3. The molecule has 0 aliphatic heterocycles. The summed E-state index contributed by atoms with van der Waals surface area (Å²) in [6.45, 7) is 4.79. The van der Waals surface area contributed by atoms with Crippen LogP contribution in [0.5, 0.6) is 0 Å². The molecule has 3 nitrogen and oxygen atoms in total. The molecule has 0 aliphatic rings. The van der Waals surface area contributed by atoms with Gasteiger partial charge in [0.15, 0.2) is 0 Å². The van der Waals surface area contributed by atoms with Crippen LogP contribution in [-0.4, -0.2) is 12.6 Å². The summed E-state index contributed by atoms with van der Waals surface area (Å²) < 4.78 is 5.34. The Balaban J connectivity index is 2.47. The van der Waals surface area contributed by atoms with Crippen LogP contribution in [0.25, 0.3) is 0 Å². The van der Waals surface area contributed by atoms with E-state index in [9.17, 15) is 4.79 Å². The molecule has 1 aromatic rings. The first kappa shape index (κ1) is 14.6. The van der Waals surface area contributed by atoms with E-state index in [1.807, 2.05) is 6.07 Å². The number of nitrogen functional groups attached to an aromatic ring is 1. The molecule has 3 heteroatoms. The van der Waals surface area contributed by atoms with Crippen LogP contribution in [-0.2, 0) is 4.74 Å². The normalized spacial score (nSPS) is 12.1. The number of para-hydroxylation sites is 1. The molecule has 0 heterocycles. The molecule has 1 rings (SSSR count). The van der Waals surface area contributed by atoms with Gasteiger partial charge in [-0.2, -0.15) is 0 Å². The van der Waals surface area contributed by atoms with Gasteiger partial charge in [-0.25, -0.2) is 4.79 Å². The van der Waals surface area contributed by atoms with Crippen LogP contribution < -0.4 is 5.73 Å². The Morgan fingerprint density at radius 2 is 2.06 bits per heavy atom. The molecule has 0 amide bonds. The molecule has 1 atom stereocenters. The Kier molecular flexibility index (Phi) is 6.26. The second-order valence-corrected chi connectivity index (χ2v) is 4.60. The molecule has 0 fully saturated rings. The lowest BCUT2D eigenvalue weighted by molar-refractivity contribution is 0.0429. The van der Waals surface area contributed by atoms with Crippen molar-refractivity contribution in [3.05, 3.63) is 29.8 Å². The maximum absolute atomic E-state index is 11.9. The molecule has 1 aromatic carbocycles. The smallest absolute Gasteiger partial charge is 0.340 e. The molecule has 0 aliphatic carbocycles. The van der Waals surface area contributed by atoms with Gasteiger partial charge in [0.1, 0.15) is 0 Å². The molecule has 0 saturated heterocycles. The molecule has 100 valence electrons. The van der Waals surface area contributed by atoms with Crippen molar-refractivity contribution in [3.63, 3.8) is 0 Å². The Morgan fingerprint density at radius 1 is 1.33 bits per heavy atom. The van der Waals surface area contributed by atoms with Crippen LogP contribution in [0.4, 0.5) is 5.69 Å². The summed E-state index contributed by atoms with van der Waals surface area (Å²) in [5, 5.41) is 0. The van der Waals surface area contributed by atoms with Gasteiger partial charge in [-0.15, -0.1) is 0 Å². The number of anilines is 1. The number of hydrogen-bond acceptors (Lipinski definition) is 3. The molecule has 0 bridgehead atoms. The second-order valence-electron chi connectivity index (χ2n) is 4.60. The van der Waals surface area contributed by atoms with Crippen LogP contribution in [0.15, 0.2) is 24.3 Å². The van der Waals surface area contributed by atoms with E-state index in [1.54, 1.807) is 18.2 Å². The maximum atomic E-state index is 11.9. The largest absolute Gasteiger partial charge is 0.462 e. The molecular weight excluding hydrogens is 226 g/mol. The SMILES string of the molecule is CCCCC(CC)COC(=O)c1ccccc1N. The molecule has 0 aromatic heterocycles. The molecule has 1 unspecified atom stereocenters. The van der Waals surface area contributed by atoms with Crippen molar-refractivity contribution < 1.29 is 9.53 Å². The monoisotopic (exact) mass is 249 g/mol. The minimum Gasteiger partial charge on any atom is -0.462 e. The van der Waals surface area contributed by atoms with Crippen LogP contribution in [0.1, 0.15) is 49.9 Å². The van der Waals surface area contributed by atoms with Crippen LogP contribution >= 0.6 is 0 Å². The first-order valence-corrected chi connectivity index (χ1v) is 6.70. The lowest BCUT2D eigenvalue weighted by atomic mass is 10.0. The Morgan fingerprint density at radius 3 is 2.67 bits per heavy atom. The van der Waals surface area contributed by atoms with Gasteiger partial charge < -0.3 is 10.5 Å². The third-order valence-electron chi connectivity index (χ3n) is 3.17. The van der Waals surface area contributed by atoms with Crippen molar-refractivity contribution in [1.82, 2.24) is 0 Å². The van der Waals surface area contributed by atoms with Crippen molar-refractivity contribution in [1.29, 1.82) is 0 Å². The summed E-state index contributed by atoms with van der Waals surface area (Å²) in [6.07, 6.45) is 4.52. The Labute approximate surface area is 109 Å². The van der Waals surface area contributed by atoms with Crippen LogP contribution in [0, 0.1) is 5.92 Å². The van der Waals surface area contributed by atoms with E-state index in [-0.39, 0.29) is 5.97 Å². The summed E-state index contributed by atoms with van der Waals surface area (Å²) in [6, 6.07) is 7.01. The summed E-state index contributed by atoms with van der Waals surface area (Å²) in [5.41, 5.74) is 6.68. The standard InChI is InChI=1S/C15H23NO2/c1-3-5-8-12(4-2)11-18-15(17)13-9-6-7-10-14(13)16/h6-7,9-10,12H,3-5,8,11,16H2,1-2H3.